The molecule has 1 aliphatic rings. The van der Waals surface area contributed by atoms with Gasteiger partial charge in [-0.3, -0.25) is 0 Å². The van der Waals surface area contributed by atoms with Gasteiger partial charge in [-0.1, -0.05) is 24.4 Å². The molecule has 1 aromatic carbocycles. The second-order valence-electron chi connectivity index (χ2n) is 4.23. The fourth-order valence-electron chi connectivity index (χ4n) is 1.62. The van der Waals surface area contributed by atoms with Gasteiger partial charge in [0.25, 0.3) is 0 Å². The van der Waals surface area contributed by atoms with E-state index in [-0.39, 0.29) is 16.3 Å². The molecule has 2 rings (SSSR count). The highest BCUT2D eigenvalue weighted by molar-refractivity contribution is 7.91. The predicted molar refractivity (Wildman–Crippen MR) is 65.3 cm³/mol. The lowest BCUT2D eigenvalue weighted by atomic mass is 10.3. The maximum absolute atomic E-state index is 12.0. The van der Waals surface area contributed by atoms with Crippen molar-refractivity contribution in [2.45, 2.75) is 24.2 Å². The standard InChI is InChI=1S/C11H14ClNO2S/c12-9-3-4-10(13)11(7-9)16(14,15)6-5-8-1-2-8/h3-4,7-8H,1-2,5-6,13H2. The van der Waals surface area contributed by atoms with Gasteiger partial charge in [0.1, 0.15) is 0 Å². The fraction of sp³-hybridized carbons (Fsp3) is 0.455. The molecule has 1 fully saturated rings. The third-order valence-corrected chi connectivity index (χ3v) is 4.83. The van der Waals surface area contributed by atoms with Gasteiger partial charge in [-0.2, -0.15) is 0 Å². The van der Waals surface area contributed by atoms with Crippen molar-refractivity contribution in [3.8, 4) is 0 Å². The summed E-state index contributed by atoms with van der Waals surface area (Å²) in [5, 5.41) is 0.402. The van der Waals surface area contributed by atoms with Crippen LogP contribution in [0.4, 0.5) is 5.69 Å². The van der Waals surface area contributed by atoms with Gasteiger partial charge in [0.05, 0.1) is 16.3 Å². The van der Waals surface area contributed by atoms with E-state index >= 15 is 0 Å². The van der Waals surface area contributed by atoms with E-state index in [0.717, 1.165) is 19.3 Å². The highest BCUT2D eigenvalue weighted by atomic mass is 35.5. The van der Waals surface area contributed by atoms with E-state index in [0.29, 0.717) is 10.9 Å². The molecule has 0 amide bonds. The number of nitrogens with two attached hydrogens (primary N) is 1. The number of hydrogen-bond acceptors (Lipinski definition) is 3. The number of sulfone groups is 1. The Morgan fingerprint density at radius 2 is 2.06 bits per heavy atom. The number of halogens is 1. The van der Waals surface area contributed by atoms with Crippen LogP contribution in [0.25, 0.3) is 0 Å². The summed E-state index contributed by atoms with van der Waals surface area (Å²) in [6.45, 7) is 0. The van der Waals surface area contributed by atoms with Crippen LogP contribution in [0, 0.1) is 5.92 Å². The van der Waals surface area contributed by atoms with E-state index in [1.807, 2.05) is 0 Å². The first-order valence-electron chi connectivity index (χ1n) is 5.27. The number of hydrogen-bond donors (Lipinski definition) is 1. The highest BCUT2D eigenvalue weighted by Gasteiger charge is 2.25. The maximum atomic E-state index is 12.0. The average Bonchev–Trinajstić information content (AvgIpc) is 3.02. The van der Waals surface area contributed by atoms with Crippen LogP contribution in [-0.4, -0.2) is 14.2 Å². The largest absolute Gasteiger partial charge is 0.398 e. The first kappa shape index (κ1) is 11.7. The van der Waals surface area contributed by atoms with Crippen LogP contribution in [0.3, 0.4) is 0 Å². The van der Waals surface area contributed by atoms with Crippen LogP contribution in [0.2, 0.25) is 5.02 Å². The first-order valence-corrected chi connectivity index (χ1v) is 7.30. The van der Waals surface area contributed by atoms with Crippen molar-refractivity contribution in [3.05, 3.63) is 23.2 Å². The maximum Gasteiger partial charge on any atom is 0.180 e. The predicted octanol–water partition coefficient (Wildman–Crippen LogP) is 2.50. The Hall–Kier alpha value is -0.740. The molecule has 1 saturated carbocycles. The van der Waals surface area contributed by atoms with E-state index in [9.17, 15) is 8.42 Å². The molecule has 0 saturated heterocycles. The zero-order valence-corrected chi connectivity index (χ0v) is 10.4. The Balaban J connectivity index is 2.22. The summed E-state index contributed by atoms with van der Waals surface area (Å²) in [5.41, 5.74) is 5.94. The highest BCUT2D eigenvalue weighted by Crippen LogP contribution is 2.34. The zero-order chi connectivity index (χ0) is 11.8. The number of benzene rings is 1. The molecule has 0 radical (unpaired) electrons. The molecule has 0 unspecified atom stereocenters. The van der Waals surface area contributed by atoms with Gasteiger partial charge in [0.15, 0.2) is 9.84 Å². The normalized spacial score (nSPS) is 16.3. The summed E-state index contributed by atoms with van der Waals surface area (Å²) < 4.78 is 24.0. The minimum absolute atomic E-state index is 0.167. The van der Waals surface area contributed by atoms with E-state index in [1.165, 1.54) is 12.1 Å². The average molecular weight is 260 g/mol. The van der Waals surface area contributed by atoms with Crippen LogP contribution in [0.1, 0.15) is 19.3 Å². The van der Waals surface area contributed by atoms with Crippen LogP contribution in [0.15, 0.2) is 23.1 Å². The minimum atomic E-state index is -3.28. The van der Waals surface area contributed by atoms with E-state index in [4.69, 9.17) is 17.3 Å². The number of rotatable bonds is 4. The molecule has 88 valence electrons. The summed E-state index contributed by atoms with van der Waals surface area (Å²) in [5.74, 6) is 0.762. The quantitative estimate of drug-likeness (QED) is 0.845. The lowest BCUT2D eigenvalue weighted by Crippen LogP contribution is -2.10. The van der Waals surface area contributed by atoms with Gasteiger partial charge in [-0.25, -0.2) is 8.42 Å². The van der Waals surface area contributed by atoms with E-state index < -0.39 is 9.84 Å². The van der Waals surface area contributed by atoms with Crippen LogP contribution in [-0.2, 0) is 9.84 Å². The molecule has 0 aliphatic heterocycles. The topological polar surface area (TPSA) is 60.2 Å². The van der Waals surface area contributed by atoms with E-state index in [2.05, 4.69) is 0 Å². The van der Waals surface area contributed by atoms with Crippen molar-refractivity contribution in [2.24, 2.45) is 5.92 Å². The summed E-state index contributed by atoms with van der Waals surface area (Å²) in [4.78, 5) is 0.167. The van der Waals surface area contributed by atoms with Crippen molar-refractivity contribution >= 4 is 27.1 Å². The Labute approximate surface area is 101 Å². The van der Waals surface area contributed by atoms with Crippen molar-refractivity contribution in [1.29, 1.82) is 0 Å². The second-order valence-corrected chi connectivity index (χ2v) is 6.75. The number of anilines is 1. The smallest absolute Gasteiger partial charge is 0.180 e. The minimum Gasteiger partial charge on any atom is -0.398 e. The first-order chi connectivity index (χ1) is 7.49. The van der Waals surface area contributed by atoms with Crippen molar-refractivity contribution in [2.75, 3.05) is 11.5 Å². The molecule has 3 nitrogen and oxygen atoms in total. The second kappa shape index (κ2) is 4.26. The van der Waals surface area contributed by atoms with Crippen LogP contribution < -0.4 is 5.73 Å². The van der Waals surface area contributed by atoms with Crippen molar-refractivity contribution in [3.63, 3.8) is 0 Å². The van der Waals surface area contributed by atoms with Gasteiger partial charge in [-0.15, -0.1) is 0 Å². The number of nitrogen functional groups attached to an aromatic ring is 1. The molecular formula is C11H14ClNO2S. The fourth-order valence-corrected chi connectivity index (χ4v) is 3.45. The molecule has 5 heteroatoms. The summed E-state index contributed by atoms with van der Waals surface area (Å²) in [6.07, 6.45) is 3.04. The zero-order valence-electron chi connectivity index (χ0n) is 8.82. The van der Waals surface area contributed by atoms with Gasteiger partial charge >= 0.3 is 0 Å². The lowest BCUT2D eigenvalue weighted by Gasteiger charge is -2.07. The molecule has 0 heterocycles. The molecule has 2 N–H and O–H groups in total. The van der Waals surface area contributed by atoms with Crippen molar-refractivity contribution in [1.82, 2.24) is 0 Å². The van der Waals surface area contributed by atoms with E-state index in [1.54, 1.807) is 6.07 Å². The lowest BCUT2D eigenvalue weighted by molar-refractivity contribution is 0.591. The third-order valence-electron chi connectivity index (χ3n) is 2.80. The molecule has 0 spiro atoms. The summed E-state index contributed by atoms with van der Waals surface area (Å²) in [7, 11) is -3.28. The van der Waals surface area contributed by atoms with Crippen LogP contribution in [0.5, 0.6) is 0 Å². The van der Waals surface area contributed by atoms with Gasteiger partial charge in [0, 0.05) is 5.02 Å². The van der Waals surface area contributed by atoms with Gasteiger partial charge < -0.3 is 5.73 Å². The summed E-state index contributed by atoms with van der Waals surface area (Å²) >= 11 is 5.78. The molecule has 0 atom stereocenters. The Kier molecular flexibility index (Phi) is 3.13. The van der Waals surface area contributed by atoms with Crippen LogP contribution >= 0.6 is 11.6 Å². The van der Waals surface area contributed by atoms with Gasteiger partial charge in [0.2, 0.25) is 0 Å². The molecular weight excluding hydrogens is 246 g/mol. The molecule has 1 aromatic rings. The third kappa shape index (κ3) is 2.68. The molecule has 1 aliphatic carbocycles. The van der Waals surface area contributed by atoms with Gasteiger partial charge in [-0.05, 0) is 30.5 Å². The molecule has 0 bridgehead atoms. The monoisotopic (exact) mass is 259 g/mol. The molecule has 0 aromatic heterocycles. The molecule has 16 heavy (non-hydrogen) atoms. The summed E-state index contributed by atoms with van der Waals surface area (Å²) in [6, 6.07) is 4.56. The Morgan fingerprint density at radius 1 is 1.38 bits per heavy atom. The SMILES string of the molecule is Nc1ccc(Cl)cc1S(=O)(=O)CCC1CC1. The van der Waals surface area contributed by atoms with Crippen molar-refractivity contribution < 1.29 is 8.42 Å². The Bertz CT molecular complexity index is 495. The Morgan fingerprint density at radius 3 is 2.69 bits per heavy atom.